The minimum atomic E-state index is -1.75. The van der Waals surface area contributed by atoms with Gasteiger partial charge < -0.3 is 36.8 Å². The summed E-state index contributed by atoms with van der Waals surface area (Å²) in [6.07, 6.45) is 0.176. The van der Waals surface area contributed by atoms with Crippen molar-refractivity contribution in [3.63, 3.8) is 0 Å². The predicted molar refractivity (Wildman–Crippen MR) is 225 cm³/mol. The van der Waals surface area contributed by atoms with Gasteiger partial charge in [0.2, 0.25) is 23.6 Å². The second-order valence-corrected chi connectivity index (χ2v) is 15.9. The molecule has 0 saturated carbocycles. The minimum Gasteiger partial charge on any atom is -0.481 e. The van der Waals surface area contributed by atoms with Gasteiger partial charge in [-0.05, 0) is 64.6 Å². The van der Waals surface area contributed by atoms with Crippen molar-refractivity contribution in [2.24, 2.45) is 0 Å². The van der Waals surface area contributed by atoms with Gasteiger partial charge in [-0.3, -0.25) is 28.8 Å². The molecule has 0 fully saturated rings. The van der Waals surface area contributed by atoms with E-state index >= 15 is 0 Å². The largest absolute Gasteiger partial charge is 0.481 e. The Morgan fingerprint density at radius 3 is 1.81 bits per heavy atom. The number of anilines is 1. The molecule has 4 aromatic rings. The number of hydrogen-bond donors (Lipinski definition) is 7. The summed E-state index contributed by atoms with van der Waals surface area (Å²) in [6, 6.07) is 28.3. The smallest absolute Gasteiger partial charge is 0.305 e. The predicted octanol–water partition coefficient (Wildman–Crippen LogP) is 3.91. The molecule has 7 N–H and O–H groups in total. The molecule has 5 amide bonds. The van der Waals surface area contributed by atoms with Crippen molar-refractivity contribution >= 4 is 53.0 Å². The van der Waals surface area contributed by atoms with Crippen molar-refractivity contribution in [2.45, 2.75) is 80.5 Å². The number of fused-ring (bicyclic) bond motifs is 18. The highest BCUT2D eigenvalue weighted by Crippen LogP contribution is 2.28. The van der Waals surface area contributed by atoms with E-state index in [1.807, 2.05) is 84.3 Å². The van der Waals surface area contributed by atoms with E-state index in [0.29, 0.717) is 23.2 Å². The van der Waals surface area contributed by atoms with Crippen LogP contribution >= 0.6 is 11.8 Å². The van der Waals surface area contributed by atoms with Crippen molar-refractivity contribution in [3.8, 4) is 11.1 Å². The number of carboxylic acid groups (broad SMARTS) is 1. The maximum absolute atomic E-state index is 14.5. The molecule has 0 aromatic heterocycles. The number of rotatable bonds is 9. The average molecular weight is 818 g/mol. The van der Waals surface area contributed by atoms with E-state index in [1.165, 1.54) is 11.8 Å². The Hall–Kier alpha value is -6.25. The number of carbonyl (C=O) groups is 6. The summed E-state index contributed by atoms with van der Waals surface area (Å²) in [5.74, 6) is -4.69. The van der Waals surface area contributed by atoms with Gasteiger partial charge >= 0.3 is 5.97 Å². The number of aliphatic hydroxyl groups is 1. The Morgan fingerprint density at radius 1 is 0.627 bits per heavy atom. The summed E-state index contributed by atoms with van der Waals surface area (Å²) in [7, 11) is 0. The van der Waals surface area contributed by atoms with E-state index in [9.17, 15) is 39.0 Å². The molecule has 13 nitrogen and oxygen atoms in total. The molecule has 3 aliphatic rings. The van der Waals surface area contributed by atoms with Gasteiger partial charge in [0.05, 0.1) is 12.8 Å². The van der Waals surface area contributed by atoms with Crippen LogP contribution in [0.3, 0.4) is 0 Å². The molecule has 4 aromatic carbocycles. The fourth-order valence-corrected chi connectivity index (χ4v) is 8.00. The molecule has 0 saturated heterocycles. The molecule has 6 atom stereocenters. The first kappa shape index (κ1) is 42.4. The van der Waals surface area contributed by atoms with Crippen LogP contribution in [0, 0.1) is 0 Å². The normalized spacial score (nSPS) is 23.2. The number of allylic oxidation sites excluding steroid dienone is 1. The summed E-state index contributed by atoms with van der Waals surface area (Å²) in [4.78, 5) is 81.1. The van der Waals surface area contributed by atoms with Crippen LogP contribution in [0.4, 0.5) is 5.69 Å². The zero-order valence-corrected chi connectivity index (χ0v) is 33.0. The van der Waals surface area contributed by atoms with Gasteiger partial charge in [-0.25, -0.2) is 0 Å². The lowest BCUT2D eigenvalue weighted by Gasteiger charge is -2.27. The molecule has 2 bridgehead atoms. The lowest BCUT2D eigenvalue weighted by molar-refractivity contribution is -0.138. The van der Waals surface area contributed by atoms with Crippen LogP contribution in [-0.4, -0.2) is 81.2 Å². The topological polar surface area (TPSA) is 203 Å². The number of hydrogen-bond acceptors (Lipinski definition) is 8. The molecule has 306 valence electrons. The lowest BCUT2D eigenvalue weighted by atomic mass is 9.98. The highest BCUT2D eigenvalue weighted by Gasteiger charge is 2.33. The van der Waals surface area contributed by atoms with E-state index in [1.54, 1.807) is 36.4 Å². The molecule has 0 spiro atoms. The first-order valence-electron chi connectivity index (χ1n) is 19.5. The molecule has 0 aliphatic carbocycles. The molecule has 7 rings (SSSR count). The van der Waals surface area contributed by atoms with Crippen molar-refractivity contribution in [2.75, 3.05) is 5.32 Å². The molecule has 1 unspecified atom stereocenters. The Kier molecular flexibility index (Phi) is 14.7. The highest BCUT2D eigenvalue weighted by molar-refractivity contribution is 8.03. The fourth-order valence-electron chi connectivity index (χ4n) is 7.03. The van der Waals surface area contributed by atoms with Gasteiger partial charge in [-0.1, -0.05) is 103 Å². The third-order valence-corrected chi connectivity index (χ3v) is 11.2. The summed E-state index contributed by atoms with van der Waals surface area (Å²) >= 11 is 1.50. The summed E-state index contributed by atoms with van der Waals surface area (Å²) in [5, 5.41) is 36.1. The molecule has 14 heteroatoms. The highest BCUT2D eigenvalue weighted by atomic mass is 32.2. The maximum Gasteiger partial charge on any atom is 0.305 e. The van der Waals surface area contributed by atoms with Crippen LogP contribution in [0.25, 0.3) is 11.1 Å². The summed E-state index contributed by atoms with van der Waals surface area (Å²) in [5.41, 5.74) is 4.34. The van der Waals surface area contributed by atoms with Crippen LogP contribution in [0.1, 0.15) is 42.4 Å². The monoisotopic (exact) mass is 817 g/mol. The number of nitrogens with one attached hydrogen (secondary N) is 5. The van der Waals surface area contributed by atoms with Gasteiger partial charge in [0.15, 0.2) is 0 Å². The maximum atomic E-state index is 14.5. The number of amides is 5. The van der Waals surface area contributed by atoms with Gasteiger partial charge in [0.25, 0.3) is 5.91 Å². The number of aliphatic carboxylic acids is 1. The lowest BCUT2D eigenvalue weighted by Crippen LogP contribution is -2.58. The molecular weight excluding hydrogens is 771 g/mol. The second-order valence-electron chi connectivity index (χ2n) is 14.7. The van der Waals surface area contributed by atoms with E-state index in [4.69, 9.17) is 0 Å². The summed E-state index contributed by atoms with van der Waals surface area (Å²) in [6.45, 7) is 0. The Morgan fingerprint density at radius 2 is 1.20 bits per heavy atom. The molecular formula is C45H47N5O8S. The van der Waals surface area contributed by atoms with Gasteiger partial charge in [-0.2, -0.15) is 0 Å². The standard InChI is InChI=1S/C45H47N5O8S/c51-39-27-40(52)48-38(26-35-12-7-21-59-35)44(57)50-37(24-30-13-17-32(18-14-30)31-10-5-2-6-11-31)43(56)49-36(23-28-8-3-1-4-9-28)42(55)47-34(25-41(53)54)22-29-15-19-33(20-16-29)46-45(39)58/h1-11,13-21,34-39,51H,12,22-27H2,(H,46,58)(H,47,55)(H,48,52)(H,49,56)(H,50,57)(H,53,54)/t34-,35?,36+,37-,38+,39+/m0/s1. The van der Waals surface area contributed by atoms with Gasteiger partial charge in [-0.15, -0.1) is 11.8 Å². The fraction of sp³-hybridized carbons (Fsp3) is 0.289. The van der Waals surface area contributed by atoms with Crippen LogP contribution in [-0.2, 0) is 48.0 Å². The Bertz CT molecular complexity index is 2130. The molecule has 0 radical (unpaired) electrons. The third-order valence-electron chi connectivity index (χ3n) is 10.1. The van der Waals surface area contributed by atoms with Crippen molar-refractivity contribution in [1.29, 1.82) is 0 Å². The summed E-state index contributed by atoms with van der Waals surface area (Å²) < 4.78 is 0. The minimum absolute atomic E-state index is 0.0169. The number of aliphatic hydroxyl groups excluding tert-OH is 1. The average Bonchev–Trinajstić information content (AvgIpc) is 3.74. The van der Waals surface area contributed by atoms with E-state index in [2.05, 4.69) is 26.6 Å². The molecule has 3 heterocycles. The van der Waals surface area contributed by atoms with Crippen LogP contribution < -0.4 is 26.6 Å². The molecule has 59 heavy (non-hydrogen) atoms. The molecule has 3 aliphatic heterocycles. The van der Waals surface area contributed by atoms with E-state index in [-0.39, 0.29) is 30.9 Å². The van der Waals surface area contributed by atoms with Crippen LogP contribution in [0.5, 0.6) is 0 Å². The van der Waals surface area contributed by atoms with Crippen LogP contribution in [0.15, 0.2) is 121 Å². The first-order valence-corrected chi connectivity index (χ1v) is 20.4. The van der Waals surface area contributed by atoms with E-state index < -0.39 is 78.6 Å². The van der Waals surface area contributed by atoms with Crippen molar-refractivity contribution < 1.29 is 39.0 Å². The third kappa shape index (κ3) is 12.6. The van der Waals surface area contributed by atoms with E-state index in [0.717, 1.165) is 16.7 Å². The zero-order chi connectivity index (χ0) is 41.7. The Balaban J connectivity index is 1.34. The van der Waals surface area contributed by atoms with Gasteiger partial charge in [0.1, 0.15) is 24.2 Å². The zero-order valence-electron chi connectivity index (χ0n) is 32.2. The SMILES string of the molecule is O=C(O)C[C@@H]1Cc2ccc(cc2)NC(=O)[C@H](O)CC(=O)N[C@H](CC2CC=CS2)C(=O)N[C@@H](Cc2ccc(-c3ccccc3)cc2)C(=O)N[C@H](Cc2ccccc2)C(=O)N1. The van der Waals surface area contributed by atoms with Crippen molar-refractivity contribution in [3.05, 3.63) is 137 Å². The number of carbonyl (C=O) groups excluding carboxylic acids is 5. The number of carboxylic acids is 1. The van der Waals surface area contributed by atoms with Gasteiger partial charge in [0, 0.05) is 29.8 Å². The quantitative estimate of drug-likeness (QED) is 0.122. The number of benzene rings is 4. The second kappa shape index (κ2) is 20.4. The number of thioether (sulfide) groups is 1. The van der Waals surface area contributed by atoms with Crippen molar-refractivity contribution in [1.82, 2.24) is 21.3 Å². The Labute approximate surface area is 346 Å². The van der Waals surface area contributed by atoms with Crippen LogP contribution in [0.2, 0.25) is 0 Å². The first-order chi connectivity index (χ1) is 28.5.